The van der Waals surface area contributed by atoms with Crippen molar-refractivity contribution in [3.8, 4) is 0 Å². The Balaban J connectivity index is 0. The van der Waals surface area contributed by atoms with Gasteiger partial charge in [-0.1, -0.05) is 0 Å². The van der Waals surface area contributed by atoms with Gasteiger partial charge in [0.1, 0.15) is 12.7 Å². The normalized spacial score (nSPS) is 36.8. The van der Waals surface area contributed by atoms with E-state index >= 15 is 0 Å². The van der Waals surface area contributed by atoms with Crippen LogP contribution in [0.3, 0.4) is 0 Å². The summed E-state index contributed by atoms with van der Waals surface area (Å²) in [6, 6.07) is 0. The van der Waals surface area contributed by atoms with Crippen LogP contribution in [-0.4, -0.2) is 87.6 Å². The Morgan fingerprint density at radius 2 is 1.91 bits per heavy atom. The average Bonchev–Trinajstić information content (AvgIpc) is 1.80. The molecule has 1 heterocycles. The van der Waals surface area contributed by atoms with Crippen molar-refractivity contribution in [1.82, 2.24) is 0 Å². The number of hydrogen-bond donors (Lipinski definition) is 2. The van der Waals surface area contributed by atoms with Crippen molar-refractivity contribution in [2.75, 3.05) is 0 Å². The van der Waals surface area contributed by atoms with E-state index < -0.39 is 12.2 Å². The third-order valence-corrected chi connectivity index (χ3v) is 1.42. The first-order valence-corrected chi connectivity index (χ1v) is 3.05. The molecule has 0 saturated carbocycles. The Kier molecular flexibility index (Phi) is 10.2. The zero-order chi connectivity index (χ0) is 6.85. The summed E-state index contributed by atoms with van der Waals surface area (Å²) in [6.45, 7) is 3.13. The zero-order valence-corrected chi connectivity index (χ0v) is 5.32. The van der Waals surface area contributed by atoms with E-state index in [1.54, 1.807) is 0 Å². The molecule has 1 fully saturated rings. The minimum atomic E-state index is -0.804. The number of rotatable bonds is 0. The molecule has 1 rings (SSSR count). The van der Waals surface area contributed by atoms with Gasteiger partial charge in [0.05, 0.1) is 12.2 Å². The van der Waals surface area contributed by atoms with Gasteiger partial charge in [0.15, 0.2) is 0 Å². The van der Waals surface area contributed by atoms with Crippen molar-refractivity contribution in [1.29, 1.82) is 0 Å². The molecule has 1 aliphatic rings. The summed E-state index contributed by atoms with van der Waals surface area (Å²) >= 11 is 0. The van der Waals surface area contributed by atoms with Crippen LogP contribution in [0.25, 0.3) is 0 Å². The third kappa shape index (κ3) is 5.24. The molecule has 0 aliphatic carbocycles. The number of hydrogen-bond acceptors (Lipinski definition) is 3. The second-order valence-electron chi connectivity index (χ2n) is 2.38. The fourth-order valence-corrected chi connectivity index (χ4v) is 0.840. The van der Waals surface area contributed by atoms with Crippen molar-refractivity contribution in [3.05, 3.63) is 6.61 Å². The summed E-state index contributed by atoms with van der Waals surface area (Å²) in [7, 11) is 0. The molecule has 3 nitrogen and oxygen atoms in total. The van der Waals surface area contributed by atoms with Crippen LogP contribution < -0.4 is 0 Å². The first-order chi connectivity index (χ1) is 4.20. The van der Waals surface area contributed by atoms with Gasteiger partial charge >= 0.3 is 59.1 Å². The molecular weight excluding hydrogens is 166 g/mol. The molecule has 0 bridgehead atoms. The SMILES string of the molecule is C[C@@H]1C[C@H](O)[C@@H](O)[CH]O1.[NaH].[NaH]. The topological polar surface area (TPSA) is 49.7 Å². The molecule has 11 heavy (non-hydrogen) atoms. The van der Waals surface area contributed by atoms with Crippen LogP contribution >= 0.6 is 0 Å². The van der Waals surface area contributed by atoms with Gasteiger partial charge in [0.25, 0.3) is 0 Å². The molecule has 0 aromatic carbocycles. The molecule has 1 aliphatic heterocycles. The van der Waals surface area contributed by atoms with E-state index in [9.17, 15) is 0 Å². The molecule has 2 N–H and O–H groups in total. The van der Waals surface area contributed by atoms with Crippen molar-refractivity contribution in [3.63, 3.8) is 0 Å². The molecule has 1 radical (unpaired) electrons. The van der Waals surface area contributed by atoms with Crippen molar-refractivity contribution >= 4 is 59.1 Å². The predicted octanol–water partition coefficient (Wildman–Crippen LogP) is -1.62. The van der Waals surface area contributed by atoms with Crippen LogP contribution in [0, 0.1) is 6.61 Å². The molecule has 0 unspecified atom stereocenters. The Labute approximate surface area is 111 Å². The van der Waals surface area contributed by atoms with Crippen LogP contribution in [0.15, 0.2) is 0 Å². The van der Waals surface area contributed by atoms with Crippen LogP contribution in [-0.2, 0) is 4.74 Å². The summed E-state index contributed by atoms with van der Waals surface area (Å²) in [5.41, 5.74) is 0. The molecular formula is C6H13Na2O3. The molecule has 0 amide bonds. The number of aliphatic hydroxyl groups excluding tert-OH is 2. The Morgan fingerprint density at radius 1 is 1.36 bits per heavy atom. The number of ether oxygens (including phenoxy) is 1. The van der Waals surface area contributed by atoms with Gasteiger partial charge in [-0.25, -0.2) is 0 Å². The summed E-state index contributed by atoms with van der Waals surface area (Å²) in [5, 5.41) is 17.9. The van der Waals surface area contributed by atoms with Gasteiger partial charge in [-0.05, 0) is 6.92 Å². The van der Waals surface area contributed by atoms with Gasteiger partial charge in [0, 0.05) is 6.42 Å². The first-order valence-electron chi connectivity index (χ1n) is 3.05. The quantitative estimate of drug-likeness (QED) is 0.439. The van der Waals surface area contributed by atoms with Gasteiger partial charge in [-0.3, -0.25) is 0 Å². The van der Waals surface area contributed by atoms with E-state index in [4.69, 9.17) is 14.9 Å². The Hall–Kier alpha value is 1.88. The van der Waals surface area contributed by atoms with E-state index in [1.165, 1.54) is 6.61 Å². The molecule has 0 aromatic rings. The first kappa shape index (κ1) is 15.4. The van der Waals surface area contributed by atoms with Crippen LogP contribution in [0.1, 0.15) is 13.3 Å². The number of aliphatic hydroxyl groups is 2. The Morgan fingerprint density at radius 3 is 2.27 bits per heavy atom. The maximum absolute atomic E-state index is 8.99. The second kappa shape index (κ2) is 7.30. The van der Waals surface area contributed by atoms with Gasteiger partial charge in [0.2, 0.25) is 0 Å². The molecule has 0 spiro atoms. The van der Waals surface area contributed by atoms with Crippen molar-refractivity contribution in [2.45, 2.75) is 31.7 Å². The minimum absolute atomic E-state index is 0. The van der Waals surface area contributed by atoms with Crippen LogP contribution in [0.4, 0.5) is 0 Å². The zero-order valence-electron chi connectivity index (χ0n) is 5.32. The van der Waals surface area contributed by atoms with E-state index in [2.05, 4.69) is 0 Å². The third-order valence-electron chi connectivity index (χ3n) is 1.42. The van der Waals surface area contributed by atoms with Crippen molar-refractivity contribution < 1.29 is 14.9 Å². The summed E-state index contributed by atoms with van der Waals surface area (Å²) in [4.78, 5) is 0. The fraction of sp³-hybridized carbons (Fsp3) is 0.833. The average molecular weight is 179 g/mol. The molecule has 0 aromatic heterocycles. The predicted molar refractivity (Wildman–Crippen MR) is 45.8 cm³/mol. The fourth-order valence-electron chi connectivity index (χ4n) is 0.840. The van der Waals surface area contributed by atoms with E-state index in [0.29, 0.717) is 6.42 Å². The van der Waals surface area contributed by atoms with Gasteiger partial charge in [-0.15, -0.1) is 0 Å². The van der Waals surface area contributed by atoms with E-state index in [0.717, 1.165) is 0 Å². The summed E-state index contributed by atoms with van der Waals surface area (Å²) in [5.74, 6) is 0. The van der Waals surface area contributed by atoms with Crippen molar-refractivity contribution in [2.24, 2.45) is 0 Å². The van der Waals surface area contributed by atoms with Gasteiger partial charge < -0.3 is 14.9 Å². The standard InChI is InChI=1S/C6H11O3.2Na.2H/c1-4-2-5(7)6(8)3-9-4;;;;/h3-8H,2H2,1H3;;;;/t4-,5+,6+;;;;/m1..../s1. The van der Waals surface area contributed by atoms with Crippen LogP contribution in [0.2, 0.25) is 0 Å². The van der Waals surface area contributed by atoms with Crippen LogP contribution in [0.5, 0.6) is 0 Å². The second-order valence-corrected chi connectivity index (χ2v) is 2.38. The molecule has 57 valence electrons. The molecule has 1 saturated heterocycles. The maximum atomic E-state index is 8.99. The Bertz CT molecular complexity index is 102. The van der Waals surface area contributed by atoms with E-state index in [-0.39, 0.29) is 65.2 Å². The monoisotopic (exact) mass is 179 g/mol. The van der Waals surface area contributed by atoms with Gasteiger partial charge in [-0.2, -0.15) is 0 Å². The summed E-state index contributed by atoms with van der Waals surface area (Å²) in [6.07, 6.45) is -0.907. The molecule has 5 heteroatoms. The van der Waals surface area contributed by atoms with E-state index in [1.807, 2.05) is 6.92 Å². The molecule has 3 atom stereocenters. The summed E-state index contributed by atoms with van der Waals surface area (Å²) < 4.78 is 4.93.